The van der Waals surface area contributed by atoms with Gasteiger partial charge in [-0.3, -0.25) is 14.5 Å². The van der Waals surface area contributed by atoms with Crippen LogP contribution in [0.25, 0.3) is 10.9 Å². The number of hydrogen-bond donors (Lipinski definition) is 1. The smallest absolute Gasteiger partial charge is 0.258 e. The monoisotopic (exact) mass is 474 g/mol. The van der Waals surface area contributed by atoms with Gasteiger partial charge in [0.1, 0.15) is 5.82 Å². The van der Waals surface area contributed by atoms with Crippen molar-refractivity contribution in [2.24, 2.45) is 5.92 Å². The topological polar surface area (TPSA) is 78.5 Å². The van der Waals surface area contributed by atoms with E-state index in [0.717, 1.165) is 51.8 Å². The van der Waals surface area contributed by atoms with E-state index in [9.17, 15) is 9.59 Å². The molecule has 1 atom stereocenters. The van der Waals surface area contributed by atoms with E-state index in [4.69, 9.17) is 4.74 Å². The Hall–Kier alpha value is -3.03. The van der Waals surface area contributed by atoms with Gasteiger partial charge < -0.3 is 14.6 Å². The van der Waals surface area contributed by atoms with Crippen LogP contribution < -0.4 is 5.56 Å². The summed E-state index contributed by atoms with van der Waals surface area (Å²) in [4.78, 5) is 37.5. The van der Waals surface area contributed by atoms with Crippen molar-refractivity contribution in [3.63, 3.8) is 0 Å². The van der Waals surface area contributed by atoms with E-state index in [-0.39, 0.29) is 17.6 Å². The number of nitrogens with zero attached hydrogens (tertiary/aromatic N) is 3. The molecule has 0 bridgehead atoms. The molecule has 1 aromatic heterocycles. The highest BCUT2D eigenvalue weighted by atomic mass is 16.5. The van der Waals surface area contributed by atoms with Crippen LogP contribution in [0, 0.1) is 5.92 Å². The maximum atomic E-state index is 13.3. The molecule has 0 spiro atoms. The molecule has 7 nitrogen and oxygen atoms in total. The summed E-state index contributed by atoms with van der Waals surface area (Å²) in [6, 6.07) is 18.0. The number of likely N-dealkylation sites (tertiary alicyclic amines) is 1. The Morgan fingerprint density at radius 1 is 1.06 bits per heavy atom. The van der Waals surface area contributed by atoms with E-state index in [1.54, 1.807) is 6.07 Å². The van der Waals surface area contributed by atoms with Gasteiger partial charge in [0.15, 0.2) is 0 Å². The number of ether oxygens (including phenoxy) is 1. The van der Waals surface area contributed by atoms with Crippen LogP contribution in [0.2, 0.25) is 0 Å². The van der Waals surface area contributed by atoms with Crippen LogP contribution in [0.15, 0.2) is 59.4 Å². The largest absolute Gasteiger partial charge is 0.377 e. The van der Waals surface area contributed by atoms with Crippen molar-refractivity contribution >= 4 is 16.8 Å². The normalized spacial score (nSPS) is 19.0. The van der Waals surface area contributed by atoms with Crippen molar-refractivity contribution < 1.29 is 9.53 Å². The average Bonchev–Trinajstić information content (AvgIpc) is 3.38. The van der Waals surface area contributed by atoms with Crippen LogP contribution in [0.5, 0.6) is 0 Å². The van der Waals surface area contributed by atoms with Crippen molar-refractivity contribution in [2.45, 2.75) is 44.8 Å². The Bertz CT molecular complexity index is 1180. The third kappa shape index (κ3) is 6.16. The van der Waals surface area contributed by atoms with Gasteiger partial charge in [-0.1, -0.05) is 42.5 Å². The van der Waals surface area contributed by atoms with Gasteiger partial charge >= 0.3 is 0 Å². The predicted molar refractivity (Wildman–Crippen MR) is 136 cm³/mol. The zero-order valence-electron chi connectivity index (χ0n) is 20.2. The molecule has 2 fully saturated rings. The van der Waals surface area contributed by atoms with E-state index in [1.807, 2.05) is 23.1 Å². The molecule has 0 unspecified atom stereocenters. The quantitative estimate of drug-likeness (QED) is 0.542. The van der Waals surface area contributed by atoms with Gasteiger partial charge in [0.05, 0.1) is 30.1 Å². The van der Waals surface area contributed by atoms with Gasteiger partial charge in [0.2, 0.25) is 5.91 Å². The maximum absolute atomic E-state index is 13.3. The first-order valence-corrected chi connectivity index (χ1v) is 12.8. The van der Waals surface area contributed by atoms with Crippen LogP contribution in [0.3, 0.4) is 0 Å². The second-order valence-corrected chi connectivity index (χ2v) is 9.85. The number of aromatic amines is 1. The van der Waals surface area contributed by atoms with Crippen molar-refractivity contribution in [3.05, 3.63) is 76.3 Å². The lowest BCUT2D eigenvalue weighted by Gasteiger charge is -2.34. The van der Waals surface area contributed by atoms with Crippen molar-refractivity contribution in [2.75, 3.05) is 32.8 Å². The van der Waals surface area contributed by atoms with Gasteiger partial charge in [-0.25, -0.2) is 4.98 Å². The Labute approximate surface area is 206 Å². The lowest BCUT2D eigenvalue weighted by molar-refractivity contribution is -0.134. The number of fused-ring (bicyclic) bond motifs is 1. The third-order valence-corrected chi connectivity index (χ3v) is 7.21. The second kappa shape index (κ2) is 11.1. The molecular weight excluding hydrogens is 440 g/mol. The van der Waals surface area contributed by atoms with Crippen molar-refractivity contribution in [1.82, 2.24) is 19.8 Å². The molecule has 2 aromatic carbocycles. The summed E-state index contributed by atoms with van der Waals surface area (Å²) in [6.07, 6.45) is 5.31. The Morgan fingerprint density at radius 2 is 1.83 bits per heavy atom. The van der Waals surface area contributed by atoms with Gasteiger partial charge in [-0.05, 0) is 55.7 Å². The number of para-hydroxylation sites is 1. The average molecular weight is 475 g/mol. The Kier molecular flexibility index (Phi) is 7.54. The first-order valence-electron chi connectivity index (χ1n) is 12.8. The SMILES string of the molecule is O=C(CN(Cc1nc2ccccc2c(=O)[nH]1)C[C@H]1CCCO1)N1CCC(Cc2ccccc2)CC1. The minimum atomic E-state index is -0.144. The van der Waals surface area contributed by atoms with E-state index >= 15 is 0 Å². The molecular formula is C28H34N4O3. The number of carbonyl (C=O) groups excluding carboxylic acids is 1. The number of piperidine rings is 1. The summed E-state index contributed by atoms with van der Waals surface area (Å²) in [6.45, 7) is 3.75. The molecule has 0 radical (unpaired) electrons. The summed E-state index contributed by atoms with van der Waals surface area (Å²) < 4.78 is 5.85. The first-order chi connectivity index (χ1) is 17.1. The van der Waals surface area contributed by atoms with Crippen molar-refractivity contribution in [1.29, 1.82) is 0 Å². The minimum absolute atomic E-state index is 0.117. The van der Waals surface area contributed by atoms with Gasteiger partial charge in [-0.2, -0.15) is 0 Å². The molecule has 3 aromatic rings. The molecule has 184 valence electrons. The third-order valence-electron chi connectivity index (χ3n) is 7.21. The fourth-order valence-corrected chi connectivity index (χ4v) is 5.31. The number of amides is 1. The molecule has 5 rings (SSSR count). The summed E-state index contributed by atoms with van der Waals surface area (Å²) in [7, 11) is 0. The van der Waals surface area contributed by atoms with Gasteiger partial charge in [-0.15, -0.1) is 0 Å². The molecule has 3 heterocycles. The first kappa shape index (κ1) is 23.7. The molecule has 2 aliphatic rings. The van der Waals surface area contributed by atoms with Gasteiger partial charge in [0.25, 0.3) is 5.56 Å². The van der Waals surface area contributed by atoms with Crippen molar-refractivity contribution in [3.8, 4) is 0 Å². The number of H-pyrrole nitrogens is 1. The molecule has 2 saturated heterocycles. The van der Waals surface area contributed by atoms with E-state index in [0.29, 0.717) is 42.3 Å². The number of benzene rings is 2. The van der Waals surface area contributed by atoms with E-state index < -0.39 is 0 Å². The van der Waals surface area contributed by atoms with Crippen LogP contribution in [0.1, 0.15) is 37.1 Å². The molecule has 2 aliphatic heterocycles. The van der Waals surface area contributed by atoms with Crippen LogP contribution >= 0.6 is 0 Å². The Morgan fingerprint density at radius 3 is 2.60 bits per heavy atom. The lowest BCUT2D eigenvalue weighted by Crippen LogP contribution is -2.46. The van der Waals surface area contributed by atoms with Crippen LogP contribution in [-0.2, 0) is 22.5 Å². The predicted octanol–water partition coefficient (Wildman–Crippen LogP) is 3.39. The highest BCUT2D eigenvalue weighted by molar-refractivity contribution is 5.78. The van der Waals surface area contributed by atoms with Gasteiger partial charge in [0, 0.05) is 26.2 Å². The highest BCUT2D eigenvalue weighted by Crippen LogP contribution is 2.22. The molecule has 1 amide bonds. The summed E-state index contributed by atoms with van der Waals surface area (Å²) in [5.74, 6) is 1.35. The number of carbonyl (C=O) groups is 1. The fourth-order valence-electron chi connectivity index (χ4n) is 5.31. The minimum Gasteiger partial charge on any atom is -0.377 e. The van der Waals surface area contributed by atoms with Crippen LogP contribution in [0.4, 0.5) is 0 Å². The summed E-state index contributed by atoms with van der Waals surface area (Å²) in [5, 5.41) is 0.580. The molecule has 1 N–H and O–H groups in total. The molecule has 0 saturated carbocycles. The Balaban J connectivity index is 1.22. The van der Waals surface area contributed by atoms with E-state index in [1.165, 1.54) is 5.56 Å². The number of rotatable bonds is 8. The fraction of sp³-hybridized carbons (Fsp3) is 0.464. The number of nitrogens with one attached hydrogen (secondary N) is 1. The second-order valence-electron chi connectivity index (χ2n) is 9.85. The highest BCUT2D eigenvalue weighted by Gasteiger charge is 2.27. The number of aromatic nitrogens is 2. The molecule has 0 aliphatic carbocycles. The molecule has 7 heteroatoms. The van der Waals surface area contributed by atoms with E-state index in [2.05, 4.69) is 45.2 Å². The summed E-state index contributed by atoms with van der Waals surface area (Å²) >= 11 is 0. The summed E-state index contributed by atoms with van der Waals surface area (Å²) in [5.41, 5.74) is 1.90. The van der Waals surface area contributed by atoms with Crippen LogP contribution in [-0.4, -0.2) is 64.6 Å². The number of hydrogen-bond acceptors (Lipinski definition) is 5. The zero-order chi connectivity index (χ0) is 24.0. The zero-order valence-corrected chi connectivity index (χ0v) is 20.2. The standard InChI is InChI=1S/C28H34N4O3/c33-27(32-14-12-22(13-15-32)17-21-7-2-1-3-8-21)20-31(18-23-9-6-16-35-23)19-26-29-25-11-5-4-10-24(25)28(34)30-26/h1-5,7-8,10-11,22-23H,6,9,12-20H2,(H,29,30,34)/t23-/m1/s1. The molecule has 35 heavy (non-hydrogen) atoms. The maximum Gasteiger partial charge on any atom is 0.258 e. The lowest BCUT2D eigenvalue weighted by atomic mass is 9.90.